The van der Waals surface area contributed by atoms with E-state index < -0.39 is 22.8 Å². The van der Waals surface area contributed by atoms with Gasteiger partial charge in [0.15, 0.2) is 0 Å². The Kier molecular flexibility index (Phi) is 3.17. The quantitative estimate of drug-likeness (QED) is 0.439. The molecule has 0 aromatic carbocycles. The van der Waals surface area contributed by atoms with E-state index in [1.54, 1.807) is 0 Å². The van der Waals surface area contributed by atoms with Gasteiger partial charge in [-0.1, -0.05) is 0 Å². The molecule has 2 heterocycles. The van der Waals surface area contributed by atoms with Crippen LogP contribution in [0.5, 0.6) is 0 Å². The maximum absolute atomic E-state index is 11.1. The lowest BCUT2D eigenvalue weighted by Gasteiger charge is -2.00. The maximum atomic E-state index is 11.1. The summed E-state index contributed by atoms with van der Waals surface area (Å²) < 4.78 is 2.04. The molecule has 98 valence electrons. The van der Waals surface area contributed by atoms with E-state index in [1.807, 2.05) is 0 Å². The molecule has 0 fully saturated rings. The van der Waals surface area contributed by atoms with Gasteiger partial charge in [0.1, 0.15) is 0 Å². The first kappa shape index (κ1) is 12.0. The third-order valence-electron chi connectivity index (χ3n) is 2.55. The minimum Gasteiger partial charge on any atom is -0.247 e. The second-order valence-corrected chi connectivity index (χ2v) is 3.73. The molecule has 2 rings (SSSR count). The number of hydrogen-bond donors (Lipinski definition) is 4. The van der Waals surface area contributed by atoms with Gasteiger partial charge in [-0.15, -0.1) is 0 Å². The van der Waals surface area contributed by atoms with Crippen LogP contribution in [0.2, 0.25) is 0 Å². The van der Waals surface area contributed by atoms with Crippen LogP contribution in [0.3, 0.4) is 0 Å². The Balaban J connectivity index is 1.91. The molecule has 2 aromatic rings. The van der Waals surface area contributed by atoms with Crippen molar-refractivity contribution in [1.29, 1.82) is 0 Å². The van der Waals surface area contributed by atoms with Crippen LogP contribution in [-0.2, 0) is 13.1 Å². The smallest absolute Gasteiger partial charge is 0.247 e. The van der Waals surface area contributed by atoms with Crippen LogP contribution in [0.15, 0.2) is 19.2 Å². The molecule has 0 aliphatic rings. The van der Waals surface area contributed by atoms with Gasteiger partial charge in [-0.25, -0.2) is 48.7 Å². The molecule has 0 spiro atoms. The summed E-state index contributed by atoms with van der Waals surface area (Å²) in [5.41, 5.74) is -2.01. The van der Waals surface area contributed by atoms with Crippen molar-refractivity contribution < 1.29 is 0 Å². The van der Waals surface area contributed by atoms with Crippen molar-refractivity contribution in [1.82, 2.24) is 29.5 Å². The lowest BCUT2D eigenvalue weighted by atomic mass is 10.3. The molecule has 4 N–H and O–H groups in total. The standard InChI is InChI=1S/C8H12N6O4/c15-5-9-10-6(16)13(5)3-1-2-4-14-7(17)11-12-8(14)18/h1-4H2,(H,9,15)(H,10,16)(H,11,17)(H,12,18). The zero-order chi connectivity index (χ0) is 13.1. The second kappa shape index (κ2) is 4.77. The van der Waals surface area contributed by atoms with Crippen LogP contribution in [-0.4, -0.2) is 29.5 Å². The lowest BCUT2D eigenvalue weighted by Crippen LogP contribution is -2.28. The Morgan fingerprint density at radius 2 is 0.889 bits per heavy atom. The molecule has 0 saturated carbocycles. The molecule has 0 atom stereocenters. The Labute approximate surface area is 98.2 Å². The summed E-state index contributed by atoms with van der Waals surface area (Å²) in [5, 5.41) is 8.66. The predicted molar refractivity (Wildman–Crippen MR) is 60.6 cm³/mol. The van der Waals surface area contributed by atoms with E-state index >= 15 is 0 Å². The molecule has 0 saturated heterocycles. The second-order valence-electron chi connectivity index (χ2n) is 3.73. The minimum atomic E-state index is -0.503. The third kappa shape index (κ3) is 2.26. The van der Waals surface area contributed by atoms with Gasteiger partial charge in [-0.2, -0.15) is 0 Å². The van der Waals surface area contributed by atoms with Crippen molar-refractivity contribution in [3.8, 4) is 0 Å². The van der Waals surface area contributed by atoms with Crippen molar-refractivity contribution in [3.05, 3.63) is 41.9 Å². The minimum absolute atomic E-state index is 0.231. The molecule has 0 aliphatic carbocycles. The summed E-state index contributed by atoms with van der Waals surface area (Å²) in [7, 11) is 0. The molecular formula is C8H12N6O4. The van der Waals surface area contributed by atoms with Gasteiger partial charge in [0, 0.05) is 13.1 Å². The van der Waals surface area contributed by atoms with E-state index in [-0.39, 0.29) is 13.1 Å². The number of aromatic nitrogens is 6. The zero-order valence-corrected chi connectivity index (χ0v) is 9.36. The summed E-state index contributed by atoms with van der Waals surface area (Å²) in [6.07, 6.45) is 0.996. The number of nitrogens with one attached hydrogen (secondary N) is 4. The van der Waals surface area contributed by atoms with Gasteiger partial charge >= 0.3 is 22.8 Å². The molecule has 0 radical (unpaired) electrons. The molecule has 0 unspecified atom stereocenters. The normalized spacial score (nSPS) is 10.9. The van der Waals surface area contributed by atoms with Gasteiger partial charge in [-0.05, 0) is 12.8 Å². The molecule has 0 amide bonds. The number of aromatic amines is 4. The summed E-state index contributed by atoms with van der Waals surface area (Å²) in [6, 6.07) is 0. The van der Waals surface area contributed by atoms with E-state index in [0.29, 0.717) is 12.8 Å². The first-order valence-corrected chi connectivity index (χ1v) is 5.34. The van der Waals surface area contributed by atoms with Gasteiger partial charge in [-0.3, -0.25) is 0 Å². The number of nitrogens with zero attached hydrogens (tertiary/aromatic N) is 2. The monoisotopic (exact) mass is 256 g/mol. The average Bonchev–Trinajstić information content (AvgIpc) is 2.82. The lowest BCUT2D eigenvalue weighted by molar-refractivity contribution is 0.524. The molecule has 18 heavy (non-hydrogen) atoms. The fraction of sp³-hybridized carbons (Fsp3) is 0.500. The zero-order valence-electron chi connectivity index (χ0n) is 9.36. The van der Waals surface area contributed by atoms with Crippen LogP contribution < -0.4 is 22.8 Å². The fourth-order valence-electron chi connectivity index (χ4n) is 1.61. The third-order valence-corrected chi connectivity index (χ3v) is 2.55. The predicted octanol–water partition coefficient (Wildman–Crippen LogP) is -2.48. The summed E-state index contributed by atoms with van der Waals surface area (Å²) in [6.45, 7) is 0.462. The first-order valence-electron chi connectivity index (χ1n) is 5.34. The number of rotatable bonds is 5. The van der Waals surface area contributed by atoms with Crippen molar-refractivity contribution in [3.63, 3.8) is 0 Å². The van der Waals surface area contributed by atoms with E-state index in [4.69, 9.17) is 0 Å². The fourth-order valence-corrected chi connectivity index (χ4v) is 1.61. The summed E-state index contributed by atoms with van der Waals surface area (Å²) in [4.78, 5) is 44.5. The SMILES string of the molecule is O=c1[nH][nH]c(=O)n1CCCCn1c(=O)[nH][nH]c1=O. The van der Waals surface area contributed by atoms with E-state index in [1.165, 1.54) is 0 Å². The van der Waals surface area contributed by atoms with Gasteiger partial charge < -0.3 is 0 Å². The topological polar surface area (TPSA) is 141 Å². The molecule has 10 heteroatoms. The van der Waals surface area contributed by atoms with E-state index in [0.717, 1.165) is 9.13 Å². The Morgan fingerprint density at radius 3 is 1.17 bits per heavy atom. The van der Waals surface area contributed by atoms with Crippen molar-refractivity contribution >= 4 is 0 Å². The largest absolute Gasteiger partial charge is 0.344 e. The molecular weight excluding hydrogens is 244 g/mol. The van der Waals surface area contributed by atoms with Crippen LogP contribution in [0.4, 0.5) is 0 Å². The van der Waals surface area contributed by atoms with Crippen molar-refractivity contribution in [2.75, 3.05) is 0 Å². The highest BCUT2D eigenvalue weighted by atomic mass is 16.2. The molecule has 0 aliphatic heterocycles. The van der Waals surface area contributed by atoms with Gasteiger partial charge in [0.05, 0.1) is 0 Å². The number of H-pyrrole nitrogens is 4. The average molecular weight is 256 g/mol. The highest BCUT2D eigenvalue weighted by Crippen LogP contribution is 1.91. The van der Waals surface area contributed by atoms with Crippen LogP contribution in [0.25, 0.3) is 0 Å². The summed E-state index contributed by atoms with van der Waals surface area (Å²) in [5.74, 6) is 0. The Morgan fingerprint density at radius 1 is 0.611 bits per heavy atom. The number of unbranched alkanes of at least 4 members (excludes halogenated alkanes) is 1. The Bertz CT molecular complexity index is 617. The summed E-state index contributed by atoms with van der Waals surface area (Å²) >= 11 is 0. The Hall–Kier alpha value is -2.52. The highest BCUT2D eigenvalue weighted by molar-refractivity contribution is 4.67. The van der Waals surface area contributed by atoms with Crippen molar-refractivity contribution in [2.24, 2.45) is 0 Å². The van der Waals surface area contributed by atoms with Crippen LogP contribution >= 0.6 is 0 Å². The maximum Gasteiger partial charge on any atom is 0.344 e. The number of hydrogen-bond acceptors (Lipinski definition) is 4. The van der Waals surface area contributed by atoms with E-state index in [2.05, 4.69) is 20.4 Å². The molecule has 10 nitrogen and oxygen atoms in total. The van der Waals surface area contributed by atoms with Crippen LogP contribution in [0, 0.1) is 0 Å². The highest BCUT2D eigenvalue weighted by Gasteiger charge is 2.04. The molecule has 2 aromatic heterocycles. The van der Waals surface area contributed by atoms with Crippen molar-refractivity contribution in [2.45, 2.75) is 25.9 Å². The van der Waals surface area contributed by atoms with Gasteiger partial charge in [0.2, 0.25) is 0 Å². The first-order chi connectivity index (χ1) is 8.59. The van der Waals surface area contributed by atoms with E-state index in [9.17, 15) is 19.2 Å². The van der Waals surface area contributed by atoms with Gasteiger partial charge in [0.25, 0.3) is 0 Å². The molecule has 0 bridgehead atoms. The van der Waals surface area contributed by atoms with Crippen LogP contribution in [0.1, 0.15) is 12.8 Å².